The highest BCUT2D eigenvalue weighted by Crippen LogP contribution is 2.09. The Morgan fingerprint density at radius 3 is 2.42 bits per heavy atom. The Bertz CT molecular complexity index is 821. The smallest absolute Gasteiger partial charge is 0.274 e. The molecule has 0 radical (unpaired) electrons. The molecule has 0 aliphatic carbocycles. The lowest BCUT2D eigenvalue weighted by molar-refractivity contribution is 0.588. The van der Waals surface area contributed by atoms with Crippen LogP contribution in [0.1, 0.15) is 5.56 Å². The van der Waals surface area contributed by atoms with Crippen LogP contribution in [0.3, 0.4) is 0 Å². The molecule has 0 aliphatic heterocycles. The lowest BCUT2D eigenvalue weighted by Crippen LogP contribution is -2.20. The number of anilines is 3. The van der Waals surface area contributed by atoms with Gasteiger partial charge in [-0.15, -0.1) is 0 Å². The Balaban J connectivity index is 2.20. The van der Waals surface area contributed by atoms with Gasteiger partial charge in [-0.25, -0.2) is 19.0 Å². The lowest BCUT2D eigenvalue weighted by atomic mass is 10.2. The fraction of sp³-hybridized carbons (Fsp3) is 0.167. The highest BCUT2D eigenvalue weighted by atomic mass is 32.2. The normalized spacial score (nSPS) is 11.6. The standard InChI is InChI=1S/C12H17N9O2S/c13-5-6-16-10-18-11(20-12(19-10)24(15,22)23)21-17-7-8-1-3-9(14)4-2-8/h1-4,7H,5-6,13-14H2,(H2,15,22,23)(H2,16,18,19,20,21). The zero-order chi connectivity index (χ0) is 17.6. The van der Waals surface area contributed by atoms with Crippen molar-refractivity contribution < 1.29 is 8.42 Å². The molecule has 0 saturated carbocycles. The van der Waals surface area contributed by atoms with E-state index in [9.17, 15) is 8.42 Å². The zero-order valence-electron chi connectivity index (χ0n) is 12.5. The number of sulfonamides is 1. The number of primary sulfonamides is 1. The number of hydrazone groups is 1. The Hall–Kier alpha value is -2.83. The van der Waals surface area contributed by atoms with Gasteiger partial charge in [0.05, 0.1) is 6.21 Å². The van der Waals surface area contributed by atoms with Gasteiger partial charge in [0, 0.05) is 18.8 Å². The minimum atomic E-state index is -4.09. The summed E-state index contributed by atoms with van der Waals surface area (Å²) in [5, 5.41) is 11.1. The van der Waals surface area contributed by atoms with Crippen molar-refractivity contribution in [3.05, 3.63) is 29.8 Å². The third-order valence-electron chi connectivity index (χ3n) is 2.61. The second kappa shape index (κ2) is 7.63. The Labute approximate surface area is 138 Å². The van der Waals surface area contributed by atoms with Crippen LogP contribution in [0.5, 0.6) is 0 Å². The Kier molecular flexibility index (Phi) is 5.57. The maximum Gasteiger partial charge on any atom is 0.274 e. The number of nitrogens with zero attached hydrogens (tertiary/aromatic N) is 4. The molecule has 0 amide bonds. The van der Waals surface area contributed by atoms with E-state index in [-0.39, 0.29) is 11.9 Å². The largest absolute Gasteiger partial charge is 0.399 e. The predicted molar refractivity (Wildman–Crippen MR) is 90.8 cm³/mol. The third kappa shape index (κ3) is 5.12. The van der Waals surface area contributed by atoms with Crippen LogP contribution in [-0.2, 0) is 10.0 Å². The van der Waals surface area contributed by atoms with Crippen molar-refractivity contribution in [2.45, 2.75) is 5.16 Å². The third-order valence-corrected chi connectivity index (χ3v) is 3.30. The van der Waals surface area contributed by atoms with Crippen molar-refractivity contribution in [1.82, 2.24) is 15.0 Å². The monoisotopic (exact) mass is 351 g/mol. The average Bonchev–Trinajstić information content (AvgIpc) is 2.54. The van der Waals surface area contributed by atoms with E-state index < -0.39 is 15.2 Å². The van der Waals surface area contributed by atoms with Gasteiger partial charge in [-0.2, -0.15) is 20.1 Å². The van der Waals surface area contributed by atoms with Gasteiger partial charge in [-0.1, -0.05) is 12.1 Å². The van der Waals surface area contributed by atoms with Crippen LogP contribution < -0.4 is 27.3 Å². The number of nitrogen functional groups attached to an aromatic ring is 1. The fourth-order valence-electron chi connectivity index (χ4n) is 1.54. The van der Waals surface area contributed by atoms with E-state index >= 15 is 0 Å². The predicted octanol–water partition coefficient (Wildman–Crippen LogP) is -1.08. The van der Waals surface area contributed by atoms with Crippen molar-refractivity contribution in [2.24, 2.45) is 16.0 Å². The molecule has 0 atom stereocenters. The van der Waals surface area contributed by atoms with Crippen molar-refractivity contribution in [3.8, 4) is 0 Å². The topological polar surface area (TPSA) is 187 Å². The molecule has 12 heteroatoms. The molecule has 0 unspecified atom stereocenters. The average molecular weight is 351 g/mol. The number of benzene rings is 1. The number of hydrogen-bond donors (Lipinski definition) is 5. The zero-order valence-corrected chi connectivity index (χ0v) is 13.4. The summed E-state index contributed by atoms with van der Waals surface area (Å²) < 4.78 is 22.9. The van der Waals surface area contributed by atoms with Crippen molar-refractivity contribution in [3.63, 3.8) is 0 Å². The first-order valence-electron chi connectivity index (χ1n) is 6.76. The van der Waals surface area contributed by atoms with Crippen LogP contribution in [0, 0.1) is 0 Å². The highest BCUT2D eigenvalue weighted by Gasteiger charge is 2.15. The molecule has 0 bridgehead atoms. The molecular formula is C12H17N9O2S. The minimum Gasteiger partial charge on any atom is -0.399 e. The summed E-state index contributed by atoms with van der Waals surface area (Å²) >= 11 is 0. The number of nitrogens with one attached hydrogen (secondary N) is 2. The molecule has 128 valence electrons. The summed E-state index contributed by atoms with van der Waals surface area (Å²) in [4.78, 5) is 11.4. The van der Waals surface area contributed by atoms with E-state index in [1.165, 1.54) is 6.21 Å². The molecule has 1 heterocycles. The highest BCUT2D eigenvalue weighted by molar-refractivity contribution is 7.89. The Morgan fingerprint density at radius 1 is 1.12 bits per heavy atom. The van der Waals surface area contributed by atoms with E-state index in [4.69, 9.17) is 16.6 Å². The van der Waals surface area contributed by atoms with Crippen LogP contribution >= 0.6 is 0 Å². The molecular weight excluding hydrogens is 334 g/mol. The Morgan fingerprint density at radius 2 is 1.79 bits per heavy atom. The number of hydrogen-bond acceptors (Lipinski definition) is 10. The second-order valence-electron chi connectivity index (χ2n) is 4.56. The van der Waals surface area contributed by atoms with Gasteiger partial charge in [0.25, 0.3) is 15.2 Å². The summed E-state index contributed by atoms with van der Waals surface area (Å²) in [7, 11) is -4.09. The van der Waals surface area contributed by atoms with Gasteiger partial charge in [0.2, 0.25) is 11.9 Å². The summed E-state index contributed by atoms with van der Waals surface area (Å²) in [5.74, 6) is -0.0649. The number of rotatable bonds is 7. The van der Waals surface area contributed by atoms with Gasteiger partial charge in [0.1, 0.15) is 0 Å². The maximum atomic E-state index is 11.4. The van der Waals surface area contributed by atoms with Crippen LogP contribution in [0.2, 0.25) is 0 Å². The van der Waals surface area contributed by atoms with E-state index in [0.29, 0.717) is 18.8 Å². The first-order chi connectivity index (χ1) is 11.4. The minimum absolute atomic E-state index is 0.0182. The number of nitrogens with two attached hydrogens (primary N) is 3. The first-order valence-corrected chi connectivity index (χ1v) is 8.30. The molecule has 11 nitrogen and oxygen atoms in total. The van der Waals surface area contributed by atoms with E-state index in [1.54, 1.807) is 24.3 Å². The molecule has 1 aromatic heterocycles. The SMILES string of the molecule is NCCNc1nc(NN=Cc2ccc(N)cc2)nc(S(N)(=O)=O)n1. The number of aromatic nitrogens is 3. The van der Waals surface area contributed by atoms with Gasteiger partial charge in [-0.05, 0) is 17.7 Å². The molecule has 0 saturated heterocycles. The van der Waals surface area contributed by atoms with Crippen molar-refractivity contribution in [2.75, 3.05) is 29.6 Å². The first kappa shape index (κ1) is 17.5. The molecule has 24 heavy (non-hydrogen) atoms. The van der Waals surface area contributed by atoms with Crippen LogP contribution in [0.25, 0.3) is 0 Å². The van der Waals surface area contributed by atoms with E-state index in [1.807, 2.05) is 0 Å². The second-order valence-corrected chi connectivity index (χ2v) is 6.02. The van der Waals surface area contributed by atoms with Crippen molar-refractivity contribution >= 4 is 33.8 Å². The molecule has 2 rings (SSSR count). The maximum absolute atomic E-state index is 11.4. The van der Waals surface area contributed by atoms with Gasteiger partial charge >= 0.3 is 0 Å². The molecule has 1 aromatic carbocycles. The molecule has 0 aliphatic rings. The van der Waals surface area contributed by atoms with Crippen LogP contribution in [0.15, 0.2) is 34.5 Å². The summed E-state index contributed by atoms with van der Waals surface area (Å²) in [6.07, 6.45) is 1.49. The lowest BCUT2D eigenvalue weighted by Gasteiger charge is -2.06. The summed E-state index contributed by atoms with van der Waals surface area (Å²) in [6, 6.07) is 6.96. The molecule has 2 aromatic rings. The van der Waals surface area contributed by atoms with Gasteiger partial charge in [-0.3, -0.25) is 0 Å². The molecule has 0 fully saturated rings. The van der Waals surface area contributed by atoms with Crippen LogP contribution in [-0.4, -0.2) is 42.7 Å². The van der Waals surface area contributed by atoms with E-state index in [0.717, 1.165) is 5.56 Å². The molecule has 8 N–H and O–H groups in total. The van der Waals surface area contributed by atoms with Gasteiger partial charge < -0.3 is 16.8 Å². The summed E-state index contributed by atoms with van der Waals surface area (Å²) in [5.41, 5.74) is 14.9. The van der Waals surface area contributed by atoms with Gasteiger partial charge in [0.15, 0.2) is 0 Å². The van der Waals surface area contributed by atoms with Crippen molar-refractivity contribution in [1.29, 1.82) is 0 Å². The van der Waals surface area contributed by atoms with E-state index in [2.05, 4.69) is 30.8 Å². The quantitative estimate of drug-likeness (QED) is 0.235. The fourth-order valence-corrected chi connectivity index (χ4v) is 1.97. The molecule has 0 spiro atoms. The van der Waals surface area contributed by atoms with Crippen LogP contribution in [0.4, 0.5) is 17.6 Å². The summed E-state index contributed by atoms with van der Waals surface area (Å²) in [6.45, 7) is 0.663.